The summed E-state index contributed by atoms with van der Waals surface area (Å²) in [6.07, 6.45) is 5.87. The molecule has 0 bridgehead atoms. The van der Waals surface area contributed by atoms with E-state index in [9.17, 15) is 14.9 Å². The average Bonchev–Trinajstić information content (AvgIpc) is 3.92. The number of aromatic nitrogens is 4. The summed E-state index contributed by atoms with van der Waals surface area (Å²) < 4.78 is 0. The predicted octanol–water partition coefficient (Wildman–Crippen LogP) is 8.67. The lowest BCUT2D eigenvalue weighted by atomic mass is 9.99. The van der Waals surface area contributed by atoms with E-state index in [1.54, 1.807) is 30.5 Å². The van der Waals surface area contributed by atoms with Crippen LogP contribution in [0.4, 0.5) is 22.7 Å². The highest BCUT2D eigenvalue weighted by molar-refractivity contribution is 6.09. The van der Waals surface area contributed by atoms with Gasteiger partial charge in [-0.1, -0.05) is 42.0 Å². The standard InChI is InChI=1S/C22H17N3.C14H12N4O2.C6H5NO/c1-14-5-7-18-16(10-14)12-21(24-18)15-6-8-19-17(11-15)13-22(25-19)20-4-2-3-9-23-20;1-8-2-5-11-12(6-8)17-14(16-11)9-3-4-10(15)13(7-9)18(19)20;8-5-6-3-1-2-4-7-6/h2-11H,12-13H2,1H3;2-7H,15H2,1H3,(H,16,17);1-5H. The van der Waals surface area contributed by atoms with E-state index in [4.69, 9.17) is 15.7 Å². The Kier molecular flexibility index (Phi) is 9.71. The number of anilines is 1. The number of nitrogen functional groups attached to an aromatic ring is 1. The SMILES string of the molecule is Cc1ccc2c(c1)CC(c1ccc3c(c1)CC(c1ccccn1)=N3)=N2.Cc1ccc2nc(-c3ccc(N)c([N+](=O)[O-])c3)[nH]c2c1.O=Cc1ccccn1. The summed E-state index contributed by atoms with van der Waals surface area (Å²) in [6.45, 7) is 4.12. The molecular weight excluding hydrogens is 665 g/mol. The van der Waals surface area contributed by atoms with Crippen LogP contribution in [0.1, 0.15) is 44.0 Å². The smallest absolute Gasteiger partial charge is 0.292 e. The number of aldehydes is 1. The minimum atomic E-state index is -0.494. The maximum absolute atomic E-state index is 10.9. The fourth-order valence-corrected chi connectivity index (χ4v) is 6.11. The van der Waals surface area contributed by atoms with Crippen molar-refractivity contribution in [3.05, 3.63) is 171 Å². The molecule has 53 heavy (non-hydrogen) atoms. The van der Waals surface area contributed by atoms with E-state index >= 15 is 0 Å². The van der Waals surface area contributed by atoms with E-state index < -0.39 is 4.92 Å². The number of H-pyrrole nitrogens is 1. The minimum Gasteiger partial charge on any atom is -0.393 e. The van der Waals surface area contributed by atoms with Crippen LogP contribution in [-0.2, 0) is 12.8 Å². The molecule has 4 aromatic carbocycles. The van der Waals surface area contributed by atoms with Gasteiger partial charge in [-0.15, -0.1) is 0 Å². The van der Waals surface area contributed by atoms with E-state index in [1.807, 2.05) is 49.5 Å². The number of aliphatic imine (C=N–C) groups is 2. The molecule has 0 spiro atoms. The molecule has 0 amide bonds. The van der Waals surface area contributed by atoms with Gasteiger partial charge < -0.3 is 10.7 Å². The number of aromatic amines is 1. The van der Waals surface area contributed by atoms with Gasteiger partial charge in [0.2, 0.25) is 0 Å². The largest absolute Gasteiger partial charge is 0.393 e. The summed E-state index contributed by atoms with van der Waals surface area (Å²) in [4.78, 5) is 45.7. The molecule has 2 aliphatic rings. The second-order valence-electron chi connectivity index (χ2n) is 12.7. The highest BCUT2D eigenvalue weighted by Gasteiger charge is 2.21. The topological polar surface area (TPSA) is 165 Å². The van der Waals surface area contributed by atoms with E-state index in [0.29, 0.717) is 17.1 Å². The van der Waals surface area contributed by atoms with Gasteiger partial charge in [0.1, 0.15) is 17.2 Å². The van der Waals surface area contributed by atoms with Crippen LogP contribution in [0.3, 0.4) is 0 Å². The van der Waals surface area contributed by atoms with Crippen LogP contribution >= 0.6 is 0 Å². The van der Waals surface area contributed by atoms with E-state index in [0.717, 1.165) is 64.2 Å². The monoisotopic (exact) mass is 698 g/mol. The molecule has 5 heterocycles. The molecule has 0 fully saturated rings. The third-order valence-corrected chi connectivity index (χ3v) is 8.78. The number of imidazole rings is 1. The average molecular weight is 699 g/mol. The summed E-state index contributed by atoms with van der Waals surface area (Å²) in [5.41, 5.74) is 20.0. The Balaban J connectivity index is 0.000000139. The van der Waals surface area contributed by atoms with Crippen LogP contribution in [0.25, 0.3) is 22.4 Å². The molecule has 0 aliphatic carbocycles. The number of aryl methyl sites for hydroxylation is 2. The van der Waals surface area contributed by atoms with Gasteiger partial charge >= 0.3 is 0 Å². The number of fused-ring (bicyclic) bond motifs is 3. The van der Waals surface area contributed by atoms with Gasteiger partial charge in [0.25, 0.3) is 5.69 Å². The van der Waals surface area contributed by atoms with Crippen LogP contribution in [0.2, 0.25) is 0 Å². The number of nitrogens with one attached hydrogen (secondary N) is 1. The first kappa shape index (κ1) is 34.3. The Bertz CT molecular complexity index is 2540. The van der Waals surface area contributed by atoms with Crippen molar-refractivity contribution >= 4 is 51.5 Å². The Morgan fingerprint density at radius 2 is 1.42 bits per heavy atom. The zero-order chi connectivity index (χ0) is 36.9. The maximum Gasteiger partial charge on any atom is 0.292 e. The lowest BCUT2D eigenvalue weighted by Gasteiger charge is -2.04. The number of carbonyl (C=O) groups excluding carboxylic acids is 1. The highest BCUT2D eigenvalue weighted by atomic mass is 16.6. The molecule has 7 aromatic rings. The van der Waals surface area contributed by atoms with Gasteiger partial charge in [-0.25, -0.2) is 4.98 Å². The molecule has 3 N–H and O–H groups in total. The van der Waals surface area contributed by atoms with Crippen molar-refractivity contribution in [1.82, 2.24) is 19.9 Å². The molecule has 9 rings (SSSR count). The van der Waals surface area contributed by atoms with Crippen LogP contribution in [0, 0.1) is 24.0 Å². The van der Waals surface area contributed by atoms with E-state index in [-0.39, 0.29) is 11.4 Å². The molecule has 11 heteroatoms. The molecule has 0 atom stereocenters. The Hall–Kier alpha value is -7.14. The van der Waals surface area contributed by atoms with Gasteiger partial charge in [0, 0.05) is 36.9 Å². The number of nitro benzene ring substituents is 1. The van der Waals surface area contributed by atoms with Crippen LogP contribution in [-0.4, -0.2) is 42.6 Å². The number of carbonyl (C=O) groups is 1. The second kappa shape index (κ2) is 15.0. The summed E-state index contributed by atoms with van der Waals surface area (Å²) >= 11 is 0. The van der Waals surface area contributed by atoms with Crippen molar-refractivity contribution in [3.63, 3.8) is 0 Å². The van der Waals surface area contributed by atoms with Crippen molar-refractivity contribution in [3.8, 4) is 11.4 Å². The van der Waals surface area contributed by atoms with Gasteiger partial charge in [0.15, 0.2) is 6.29 Å². The Morgan fingerprint density at radius 3 is 2.13 bits per heavy atom. The summed E-state index contributed by atoms with van der Waals surface area (Å²) in [6, 6.07) is 34.7. The number of nitrogens with zero attached hydrogens (tertiary/aromatic N) is 6. The van der Waals surface area contributed by atoms with Crippen LogP contribution < -0.4 is 5.73 Å². The molecule has 0 saturated carbocycles. The quantitative estimate of drug-likeness (QED) is 0.0785. The molecular formula is C42H34N8O3. The predicted molar refractivity (Wildman–Crippen MR) is 209 cm³/mol. The lowest BCUT2D eigenvalue weighted by molar-refractivity contribution is -0.383. The number of benzene rings is 4. The van der Waals surface area contributed by atoms with Crippen molar-refractivity contribution < 1.29 is 9.72 Å². The molecule has 0 saturated heterocycles. The van der Waals surface area contributed by atoms with E-state index in [1.165, 1.54) is 34.4 Å². The summed E-state index contributed by atoms with van der Waals surface area (Å²) in [5, 5.41) is 10.9. The Morgan fingerprint density at radius 1 is 0.736 bits per heavy atom. The second-order valence-corrected chi connectivity index (χ2v) is 12.7. The van der Waals surface area contributed by atoms with Gasteiger partial charge in [-0.2, -0.15) is 0 Å². The maximum atomic E-state index is 10.9. The first-order valence-electron chi connectivity index (χ1n) is 16.9. The molecule has 2 aliphatic heterocycles. The molecule has 0 radical (unpaired) electrons. The van der Waals surface area contributed by atoms with Crippen molar-refractivity contribution in [2.24, 2.45) is 9.98 Å². The third-order valence-electron chi connectivity index (χ3n) is 8.78. The summed E-state index contributed by atoms with van der Waals surface area (Å²) in [7, 11) is 0. The zero-order valence-electron chi connectivity index (χ0n) is 29.0. The normalized spacial score (nSPS) is 12.3. The Labute approximate surface area is 305 Å². The number of nitrogens with two attached hydrogens (primary N) is 1. The van der Waals surface area contributed by atoms with Crippen LogP contribution in [0.15, 0.2) is 132 Å². The van der Waals surface area contributed by atoms with Gasteiger partial charge in [-0.3, -0.25) is 34.9 Å². The number of rotatable bonds is 5. The van der Waals surface area contributed by atoms with E-state index in [2.05, 4.69) is 63.3 Å². The number of hydrogen-bond donors (Lipinski definition) is 2. The number of nitro groups is 1. The fourth-order valence-electron chi connectivity index (χ4n) is 6.11. The minimum absolute atomic E-state index is 0.112. The zero-order valence-corrected chi connectivity index (χ0v) is 29.0. The number of pyridine rings is 2. The van der Waals surface area contributed by atoms with Crippen molar-refractivity contribution in [2.75, 3.05) is 5.73 Å². The van der Waals surface area contributed by atoms with Gasteiger partial charge in [0.05, 0.1) is 44.4 Å². The molecule has 3 aromatic heterocycles. The molecule has 11 nitrogen and oxygen atoms in total. The first-order chi connectivity index (χ1) is 25.7. The third kappa shape index (κ3) is 7.79. The first-order valence-corrected chi connectivity index (χ1v) is 16.9. The van der Waals surface area contributed by atoms with Gasteiger partial charge in [-0.05, 0) is 103 Å². The molecule has 0 unspecified atom stereocenters. The lowest BCUT2D eigenvalue weighted by Crippen LogP contribution is -2.04. The highest BCUT2D eigenvalue weighted by Crippen LogP contribution is 2.34. The molecule has 260 valence electrons. The number of hydrogen-bond acceptors (Lipinski definition) is 9. The summed E-state index contributed by atoms with van der Waals surface area (Å²) in [5.74, 6) is 0.591. The fraction of sp³-hybridized carbons (Fsp3) is 0.0952. The van der Waals surface area contributed by atoms with Crippen molar-refractivity contribution in [1.29, 1.82) is 0 Å². The van der Waals surface area contributed by atoms with Crippen molar-refractivity contribution in [2.45, 2.75) is 26.7 Å². The van der Waals surface area contributed by atoms with Crippen LogP contribution in [0.5, 0.6) is 0 Å².